The van der Waals surface area contributed by atoms with E-state index in [-0.39, 0.29) is 17.7 Å². The maximum Gasteiger partial charge on any atom is 0.514 e. The SMILES string of the molecule is CC(C)C(OC(=O)Oc1ccc(N=O)cc1)c1ccccc1. The normalized spacial score (nSPS) is 11.8. The average Bonchev–Trinajstić information content (AvgIpc) is 2.54. The molecule has 0 saturated carbocycles. The van der Waals surface area contributed by atoms with Gasteiger partial charge in [-0.15, -0.1) is 4.91 Å². The Labute approximate surface area is 128 Å². The third-order valence-corrected chi connectivity index (χ3v) is 3.10. The first kappa shape index (κ1) is 15.7. The number of hydrogen-bond acceptors (Lipinski definition) is 5. The molecular formula is C17H17NO4. The van der Waals surface area contributed by atoms with Crippen molar-refractivity contribution in [3.8, 4) is 5.75 Å². The molecule has 0 heterocycles. The summed E-state index contributed by atoms with van der Waals surface area (Å²) in [4.78, 5) is 22.3. The smallest absolute Gasteiger partial charge is 0.426 e. The Balaban J connectivity index is 2.03. The van der Waals surface area contributed by atoms with Gasteiger partial charge in [0.2, 0.25) is 0 Å². The van der Waals surface area contributed by atoms with Crippen LogP contribution in [0.15, 0.2) is 59.8 Å². The van der Waals surface area contributed by atoms with E-state index in [0.717, 1.165) is 5.56 Å². The van der Waals surface area contributed by atoms with Gasteiger partial charge in [0, 0.05) is 0 Å². The number of nitrogens with zero attached hydrogens (tertiary/aromatic N) is 1. The van der Waals surface area contributed by atoms with Gasteiger partial charge in [-0.05, 0) is 40.9 Å². The molecule has 0 aliphatic heterocycles. The Morgan fingerprint density at radius 3 is 2.18 bits per heavy atom. The monoisotopic (exact) mass is 299 g/mol. The van der Waals surface area contributed by atoms with Gasteiger partial charge in [-0.1, -0.05) is 44.2 Å². The van der Waals surface area contributed by atoms with Crippen molar-refractivity contribution in [3.05, 3.63) is 65.1 Å². The van der Waals surface area contributed by atoms with Crippen molar-refractivity contribution < 1.29 is 14.3 Å². The van der Waals surface area contributed by atoms with Gasteiger partial charge in [0.25, 0.3) is 0 Å². The summed E-state index contributed by atoms with van der Waals surface area (Å²) in [5.74, 6) is 0.407. The molecule has 0 amide bonds. The maximum atomic E-state index is 11.9. The van der Waals surface area contributed by atoms with E-state index in [9.17, 15) is 9.70 Å². The summed E-state index contributed by atoms with van der Waals surface area (Å²) < 4.78 is 10.5. The van der Waals surface area contributed by atoms with E-state index in [1.165, 1.54) is 24.3 Å². The highest BCUT2D eigenvalue weighted by Crippen LogP contribution is 2.26. The molecule has 0 bridgehead atoms. The van der Waals surface area contributed by atoms with Crippen LogP contribution in [0.2, 0.25) is 0 Å². The highest BCUT2D eigenvalue weighted by Gasteiger charge is 2.21. The zero-order valence-corrected chi connectivity index (χ0v) is 12.4. The molecule has 114 valence electrons. The quantitative estimate of drug-likeness (QED) is 0.443. The minimum atomic E-state index is -0.783. The van der Waals surface area contributed by atoms with Crippen LogP contribution in [-0.2, 0) is 4.74 Å². The highest BCUT2D eigenvalue weighted by molar-refractivity contribution is 5.64. The minimum absolute atomic E-state index is 0.108. The van der Waals surface area contributed by atoms with Gasteiger partial charge in [-0.2, -0.15) is 0 Å². The molecule has 1 atom stereocenters. The van der Waals surface area contributed by atoms with Gasteiger partial charge < -0.3 is 9.47 Å². The molecule has 22 heavy (non-hydrogen) atoms. The summed E-state index contributed by atoms with van der Waals surface area (Å²) in [7, 11) is 0. The average molecular weight is 299 g/mol. The first-order valence-electron chi connectivity index (χ1n) is 6.97. The Morgan fingerprint density at radius 2 is 1.64 bits per heavy atom. The number of rotatable bonds is 5. The van der Waals surface area contributed by atoms with Crippen LogP contribution in [0.25, 0.3) is 0 Å². The molecule has 0 aromatic heterocycles. The molecule has 2 aromatic rings. The Kier molecular flexibility index (Phi) is 5.25. The topological polar surface area (TPSA) is 65.0 Å². The molecule has 0 saturated heterocycles. The third kappa shape index (κ3) is 4.15. The van der Waals surface area contributed by atoms with Crippen LogP contribution >= 0.6 is 0 Å². The van der Waals surface area contributed by atoms with Crippen LogP contribution in [0.1, 0.15) is 25.5 Å². The Hall–Kier alpha value is -2.69. The lowest BCUT2D eigenvalue weighted by atomic mass is 9.99. The fraction of sp³-hybridized carbons (Fsp3) is 0.235. The number of hydrogen-bond donors (Lipinski definition) is 0. The van der Waals surface area contributed by atoms with Gasteiger partial charge >= 0.3 is 6.16 Å². The van der Waals surface area contributed by atoms with E-state index in [4.69, 9.17) is 9.47 Å². The molecule has 0 spiro atoms. The van der Waals surface area contributed by atoms with Crippen LogP contribution in [0.4, 0.5) is 10.5 Å². The Bertz CT molecular complexity index is 623. The predicted octanol–water partition coefficient (Wildman–Crippen LogP) is 5.00. The van der Waals surface area contributed by atoms with Crippen LogP contribution in [0, 0.1) is 10.8 Å². The lowest BCUT2D eigenvalue weighted by Gasteiger charge is -2.21. The lowest BCUT2D eigenvalue weighted by Crippen LogP contribution is -2.19. The van der Waals surface area contributed by atoms with E-state index in [1.54, 1.807) is 0 Å². The van der Waals surface area contributed by atoms with E-state index in [1.807, 2.05) is 44.2 Å². The summed E-state index contributed by atoms with van der Waals surface area (Å²) in [6, 6.07) is 15.4. The van der Waals surface area contributed by atoms with Gasteiger partial charge in [0.1, 0.15) is 17.5 Å². The molecule has 5 nitrogen and oxygen atoms in total. The number of benzene rings is 2. The first-order valence-corrected chi connectivity index (χ1v) is 6.97. The molecule has 0 aliphatic rings. The molecule has 1 unspecified atom stereocenters. The standard InChI is InChI=1S/C17H17NO4/c1-12(2)16(13-6-4-3-5-7-13)22-17(19)21-15-10-8-14(18-20)9-11-15/h3-12,16H,1-2H3. The minimum Gasteiger partial charge on any atom is -0.426 e. The molecule has 2 aromatic carbocycles. The van der Waals surface area contributed by atoms with Crippen molar-refractivity contribution in [2.24, 2.45) is 11.1 Å². The molecule has 0 aliphatic carbocycles. The van der Waals surface area contributed by atoms with Gasteiger partial charge in [0.15, 0.2) is 0 Å². The zero-order chi connectivity index (χ0) is 15.9. The summed E-state index contributed by atoms with van der Waals surface area (Å²) >= 11 is 0. The van der Waals surface area contributed by atoms with E-state index >= 15 is 0 Å². The van der Waals surface area contributed by atoms with E-state index in [0.29, 0.717) is 5.75 Å². The van der Waals surface area contributed by atoms with Crippen molar-refractivity contribution in [2.75, 3.05) is 0 Å². The van der Waals surface area contributed by atoms with Crippen molar-refractivity contribution >= 4 is 11.8 Å². The number of carbonyl (C=O) groups excluding carboxylic acids is 1. The summed E-state index contributed by atoms with van der Waals surface area (Å²) in [5.41, 5.74) is 1.18. The maximum absolute atomic E-state index is 11.9. The third-order valence-electron chi connectivity index (χ3n) is 3.10. The molecular weight excluding hydrogens is 282 g/mol. The van der Waals surface area contributed by atoms with Crippen molar-refractivity contribution in [1.29, 1.82) is 0 Å². The number of carbonyl (C=O) groups is 1. The lowest BCUT2D eigenvalue weighted by molar-refractivity contribution is 0.0367. The van der Waals surface area contributed by atoms with Crippen molar-refractivity contribution in [2.45, 2.75) is 20.0 Å². The predicted molar refractivity (Wildman–Crippen MR) is 83.0 cm³/mol. The summed E-state index contributed by atoms with van der Waals surface area (Å²) in [5, 5.41) is 2.78. The van der Waals surface area contributed by atoms with Crippen LogP contribution in [0.3, 0.4) is 0 Å². The molecule has 2 rings (SSSR count). The van der Waals surface area contributed by atoms with E-state index in [2.05, 4.69) is 5.18 Å². The number of ether oxygens (including phenoxy) is 2. The van der Waals surface area contributed by atoms with Gasteiger partial charge in [-0.3, -0.25) is 0 Å². The molecule has 0 fully saturated rings. The fourth-order valence-corrected chi connectivity index (χ4v) is 2.03. The first-order chi connectivity index (χ1) is 10.6. The van der Waals surface area contributed by atoms with Crippen molar-refractivity contribution in [1.82, 2.24) is 0 Å². The van der Waals surface area contributed by atoms with Gasteiger partial charge in [-0.25, -0.2) is 4.79 Å². The fourth-order valence-electron chi connectivity index (χ4n) is 2.03. The molecule has 0 radical (unpaired) electrons. The van der Waals surface area contributed by atoms with Gasteiger partial charge in [0.05, 0.1) is 0 Å². The second-order valence-corrected chi connectivity index (χ2v) is 5.13. The van der Waals surface area contributed by atoms with Crippen molar-refractivity contribution in [3.63, 3.8) is 0 Å². The highest BCUT2D eigenvalue weighted by atomic mass is 16.7. The summed E-state index contributed by atoms with van der Waals surface area (Å²) in [6.07, 6.45) is -1.17. The largest absolute Gasteiger partial charge is 0.514 e. The zero-order valence-electron chi connectivity index (χ0n) is 12.4. The van der Waals surface area contributed by atoms with Crippen LogP contribution < -0.4 is 4.74 Å². The van der Waals surface area contributed by atoms with E-state index < -0.39 is 6.16 Å². The number of nitroso groups, excluding NO2 is 1. The summed E-state index contributed by atoms with van der Waals surface area (Å²) in [6.45, 7) is 3.94. The second-order valence-electron chi connectivity index (χ2n) is 5.13. The Morgan fingerprint density at radius 1 is 1.00 bits per heavy atom. The van der Waals surface area contributed by atoms with Crippen LogP contribution in [0.5, 0.6) is 5.75 Å². The van der Waals surface area contributed by atoms with Crippen LogP contribution in [-0.4, -0.2) is 6.16 Å². The second kappa shape index (κ2) is 7.36. The molecule has 5 heteroatoms. The molecule has 0 N–H and O–H groups in total.